The number of nitrogens with zero attached hydrogens (tertiary/aromatic N) is 1. The van der Waals surface area contributed by atoms with Crippen molar-refractivity contribution in [3.8, 4) is 5.75 Å². The SMILES string of the molecule is COc1cc2c(CC/[N+]([O-])=C/[C@@H](CSC)NC(=O)OC(C)(C)C)c[nH]c2cc1Br. The van der Waals surface area contributed by atoms with Crippen molar-refractivity contribution in [1.29, 1.82) is 0 Å². The lowest BCUT2D eigenvalue weighted by Gasteiger charge is -2.21. The van der Waals surface area contributed by atoms with Gasteiger partial charge in [0.1, 0.15) is 17.4 Å². The predicted molar refractivity (Wildman–Crippen MR) is 122 cm³/mol. The lowest BCUT2D eigenvalue weighted by molar-refractivity contribution is -0.453. The van der Waals surface area contributed by atoms with Crippen LogP contribution in [0.5, 0.6) is 5.75 Å². The number of rotatable bonds is 8. The molecule has 0 bridgehead atoms. The number of aromatic nitrogens is 1. The molecule has 0 aliphatic heterocycles. The smallest absolute Gasteiger partial charge is 0.408 e. The summed E-state index contributed by atoms with van der Waals surface area (Å²) in [4.78, 5) is 15.2. The van der Waals surface area contributed by atoms with Crippen LogP contribution in [-0.4, -0.2) is 59.3 Å². The van der Waals surface area contributed by atoms with Gasteiger partial charge >= 0.3 is 6.09 Å². The molecule has 0 saturated heterocycles. The number of aromatic amines is 1. The fourth-order valence-corrected chi connectivity index (χ4v) is 3.84. The number of hydrogen-bond donors (Lipinski definition) is 2. The number of ether oxygens (including phenoxy) is 2. The number of nitrogens with one attached hydrogen (secondary N) is 2. The standard InChI is InChI=1S/C20H28BrN3O4S/c1-20(2,3)28-19(25)23-14(12-29-5)11-24(26)7-6-13-10-22-17-9-16(21)18(27-4)8-15(13)17/h8-11,14,22H,6-7,12H2,1-5H3,(H,23,25)/b24-11-/t14-/m0/s1. The molecule has 1 heterocycles. The number of alkyl carbamates (subject to hydrolysis) is 1. The van der Waals surface area contributed by atoms with Crippen LogP contribution in [0.1, 0.15) is 26.3 Å². The summed E-state index contributed by atoms with van der Waals surface area (Å²) in [6.45, 7) is 5.67. The van der Waals surface area contributed by atoms with Crippen molar-refractivity contribution >= 4 is 50.9 Å². The molecule has 0 aliphatic carbocycles. The number of thioether (sulfide) groups is 1. The van der Waals surface area contributed by atoms with Gasteiger partial charge in [-0.15, -0.1) is 0 Å². The molecule has 0 fully saturated rings. The zero-order valence-electron chi connectivity index (χ0n) is 17.4. The number of amides is 1. The van der Waals surface area contributed by atoms with Gasteiger partial charge in [0.25, 0.3) is 0 Å². The second kappa shape index (κ2) is 10.2. The maximum atomic E-state index is 12.4. The molecule has 160 valence electrons. The largest absolute Gasteiger partial charge is 0.624 e. The molecular weight excluding hydrogens is 458 g/mol. The summed E-state index contributed by atoms with van der Waals surface area (Å²) >= 11 is 5.02. The lowest BCUT2D eigenvalue weighted by atomic mass is 10.1. The van der Waals surface area contributed by atoms with Crippen molar-refractivity contribution < 1.29 is 19.0 Å². The van der Waals surface area contributed by atoms with Gasteiger partial charge in [-0.25, -0.2) is 9.53 Å². The summed E-state index contributed by atoms with van der Waals surface area (Å²) in [6.07, 6.45) is 5.35. The molecule has 0 saturated carbocycles. The summed E-state index contributed by atoms with van der Waals surface area (Å²) in [5.41, 5.74) is 1.42. The van der Waals surface area contributed by atoms with E-state index in [1.165, 1.54) is 6.21 Å². The number of methoxy groups -OCH3 is 1. The van der Waals surface area contributed by atoms with Gasteiger partial charge in [0.05, 0.1) is 11.6 Å². The van der Waals surface area contributed by atoms with E-state index < -0.39 is 17.7 Å². The Kier molecular flexibility index (Phi) is 8.27. The predicted octanol–water partition coefficient (Wildman–Crippen LogP) is 4.32. The second-order valence-corrected chi connectivity index (χ2v) is 9.36. The zero-order valence-corrected chi connectivity index (χ0v) is 19.8. The minimum Gasteiger partial charge on any atom is -0.624 e. The van der Waals surface area contributed by atoms with Crippen molar-refractivity contribution in [2.45, 2.75) is 38.8 Å². The molecule has 0 aliphatic rings. The minimum absolute atomic E-state index is 0.270. The van der Waals surface area contributed by atoms with Crippen LogP contribution < -0.4 is 10.1 Å². The van der Waals surface area contributed by atoms with E-state index in [2.05, 4.69) is 26.2 Å². The van der Waals surface area contributed by atoms with Crippen LogP contribution in [0.4, 0.5) is 4.79 Å². The number of carbonyl (C=O) groups excluding carboxylic acids is 1. The monoisotopic (exact) mass is 485 g/mol. The highest BCUT2D eigenvalue weighted by Crippen LogP contribution is 2.31. The summed E-state index contributed by atoms with van der Waals surface area (Å²) in [7, 11) is 1.62. The molecule has 29 heavy (non-hydrogen) atoms. The van der Waals surface area contributed by atoms with Gasteiger partial charge in [-0.05, 0) is 60.7 Å². The van der Waals surface area contributed by atoms with Crippen LogP contribution in [0.15, 0.2) is 22.8 Å². The van der Waals surface area contributed by atoms with Gasteiger partial charge in [0.15, 0.2) is 12.8 Å². The molecule has 9 heteroatoms. The van der Waals surface area contributed by atoms with Crippen LogP contribution in [-0.2, 0) is 11.2 Å². The Labute approximate surface area is 183 Å². The Morgan fingerprint density at radius 1 is 1.45 bits per heavy atom. The highest BCUT2D eigenvalue weighted by molar-refractivity contribution is 9.10. The first kappa shape index (κ1) is 23.4. The Bertz CT molecular complexity index is 876. The molecule has 1 atom stereocenters. The van der Waals surface area contributed by atoms with Crippen LogP contribution in [0, 0.1) is 5.21 Å². The topological polar surface area (TPSA) is 89.4 Å². The first-order valence-corrected chi connectivity index (χ1v) is 11.4. The third kappa shape index (κ3) is 7.15. The van der Waals surface area contributed by atoms with Crippen molar-refractivity contribution in [3.05, 3.63) is 33.6 Å². The molecule has 2 N–H and O–H groups in total. The number of benzene rings is 1. The third-order valence-corrected chi connectivity index (χ3v) is 5.35. The Balaban J connectivity index is 2.05. The average molecular weight is 486 g/mol. The Morgan fingerprint density at radius 2 is 2.17 bits per heavy atom. The van der Waals surface area contributed by atoms with E-state index in [1.807, 2.05) is 24.6 Å². The Morgan fingerprint density at radius 3 is 2.79 bits per heavy atom. The van der Waals surface area contributed by atoms with Crippen LogP contribution in [0.2, 0.25) is 0 Å². The van der Waals surface area contributed by atoms with Crippen molar-refractivity contribution in [3.63, 3.8) is 0 Å². The normalized spacial score (nSPS) is 13.4. The summed E-state index contributed by atoms with van der Waals surface area (Å²) in [5, 5.41) is 16.2. The maximum absolute atomic E-state index is 12.4. The summed E-state index contributed by atoms with van der Waals surface area (Å²) in [6, 6.07) is 3.50. The van der Waals surface area contributed by atoms with Gasteiger partial charge < -0.3 is 25.0 Å². The molecule has 1 aromatic carbocycles. The highest BCUT2D eigenvalue weighted by Gasteiger charge is 2.20. The number of fused-ring (bicyclic) bond motifs is 1. The second-order valence-electron chi connectivity index (χ2n) is 7.59. The van der Waals surface area contributed by atoms with E-state index >= 15 is 0 Å². The fraction of sp³-hybridized carbons (Fsp3) is 0.500. The zero-order chi connectivity index (χ0) is 21.6. The third-order valence-electron chi connectivity index (χ3n) is 4.04. The Hall–Kier alpha value is -1.87. The minimum atomic E-state index is -0.587. The summed E-state index contributed by atoms with van der Waals surface area (Å²) < 4.78 is 12.4. The molecule has 2 rings (SSSR count). The van der Waals surface area contributed by atoms with E-state index in [1.54, 1.807) is 39.6 Å². The molecule has 1 amide bonds. The number of hydroxylamine groups is 1. The molecule has 7 nitrogen and oxygen atoms in total. The molecule has 0 spiro atoms. The van der Waals surface area contributed by atoms with E-state index in [-0.39, 0.29) is 6.54 Å². The lowest BCUT2D eigenvalue weighted by Crippen LogP contribution is -2.42. The van der Waals surface area contributed by atoms with E-state index in [0.717, 1.165) is 31.4 Å². The van der Waals surface area contributed by atoms with Crippen molar-refractivity contribution in [2.75, 3.05) is 25.7 Å². The number of carbonyl (C=O) groups is 1. The quantitative estimate of drug-likeness (QED) is 0.251. The average Bonchev–Trinajstić information content (AvgIpc) is 2.99. The van der Waals surface area contributed by atoms with Crippen LogP contribution in [0.25, 0.3) is 10.9 Å². The van der Waals surface area contributed by atoms with Crippen molar-refractivity contribution in [2.24, 2.45) is 0 Å². The molecule has 0 unspecified atom stereocenters. The molecule has 0 radical (unpaired) electrons. The highest BCUT2D eigenvalue weighted by atomic mass is 79.9. The van der Waals surface area contributed by atoms with E-state index in [0.29, 0.717) is 12.2 Å². The maximum Gasteiger partial charge on any atom is 0.408 e. The number of hydrogen-bond acceptors (Lipinski definition) is 5. The van der Waals surface area contributed by atoms with E-state index in [9.17, 15) is 10.0 Å². The number of H-pyrrole nitrogens is 1. The van der Waals surface area contributed by atoms with Gasteiger partial charge in [-0.1, -0.05) is 0 Å². The summed E-state index contributed by atoms with van der Waals surface area (Å²) in [5.74, 6) is 1.32. The van der Waals surface area contributed by atoms with Gasteiger partial charge in [0, 0.05) is 29.3 Å². The molecule has 2 aromatic rings. The number of halogens is 1. The van der Waals surface area contributed by atoms with Gasteiger partial charge in [-0.3, -0.25) is 0 Å². The van der Waals surface area contributed by atoms with Crippen molar-refractivity contribution in [1.82, 2.24) is 10.3 Å². The van der Waals surface area contributed by atoms with Crippen LogP contribution >= 0.6 is 27.7 Å². The first-order chi connectivity index (χ1) is 13.6. The van der Waals surface area contributed by atoms with Gasteiger partial charge in [-0.2, -0.15) is 11.8 Å². The fourth-order valence-electron chi connectivity index (χ4n) is 2.81. The van der Waals surface area contributed by atoms with Gasteiger partial charge in [0.2, 0.25) is 0 Å². The molecular formula is C20H28BrN3O4S. The molecule has 1 aromatic heterocycles. The first-order valence-electron chi connectivity index (χ1n) is 9.23. The van der Waals surface area contributed by atoms with Crippen LogP contribution in [0.3, 0.4) is 0 Å². The van der Waals surface area contributed by atoms with E-state index in [4.69, 9.17) is 9.47 Å².